The van der Waals surface area contributed by atoms with Crippen LogP contribution in [0.5, 0.6) is 0 Å². The van der Waals surface area contributed by atoms with Gasteiger partial charge in [-0.3, -0.25) is 0 Å². The van der Waals surface area contributed by atoms with Crippen LogP contribution in [0.1, 0.15) is 11.4 Å². The van der Waals surface area contributed by atoms with Crippen molar-refractivity contribution < 1.29 is 12.9 Å². The smallest absolute Gasteiger partial charge is 0.250 e. The Morgan fingerprint density at radius 3 is 2.88 bits per heavy atom. The van der Waals surface area contributed by atoms with Crippen molar-refractivity contribution in [3.05, 3.63) is 27.6 Å². The SMILES string of the molecule is Cc1cc(S(=O)(=O)NCc2ncon2)sc1Br. The van der Waals surface area contributed by atoms with E-state index >= 15 is 0 Å². The van der Waals surface area contributed by atoms with Crippen molar-refractivity contribution in [2.45, 2.75) is 17.7 Å². The van der Waals surface area contributed by atoms with E-state index in [4.69, 9.17) is 0 Å². The number of halogens is 1. The molecule has 0 radical (unpaired) electrons. The molecule has 0 amide bonds. The quantitative estimate of drug-likeness (QED) is 0.917. The molecule has 0 spiro atoms. The minimum Gasteiger partial charge on any atom is -0.343 e. The van der Waals surface area contributed by atoms with Crippen LogP contribution in [-0.2, 0) is 16.6 Å². The Labute approximate surface area is 110 Å². The summed E-state index contributed by atoms with van der Waals surface area (Å²) in [6.45, 7) is 1.84. The molecule has 2 aromatic heterocycles. The molecule has 0 aliphatic carbocycles. The minimum absolute atomic E-state index is 0.00734. The van der Waals surface area contributed by atoms with Crippen molar-refractivity contribution in [1.82, 2.24) is 14.9 Å². The highest BCUT2D eigenvalue weighted by Crippen LogP contribution is 2.30. The van der Waals surface area contributed by atoms with Crippen molar-refractivity contribution in [3.63, 3.8) is 0 Å². The van der Waals surface area contributed by atoms with E-state index in [0.717, 1.165) is 27.1 Å². The Bertz CT molecular complexity index is 587. The topological polar surface area (TPSA) is 85.1 Å². The van der Waals surface area contributed by atoms with E-state index in [-0.39, 0.29) is 10.8 Å². The van der Waals surface area contributed by atoms with Crippen LogP contribution in [0.2, 0.25) is 0 Å². The zero-order valence-electron chi connectivity index (χ0n) is 8.68. The first-order valence-electron chi connectivity index (χ1n) is 4.50. The molecule has 2 aromatic rings. The Balaban J connectivity index is 2.14. The van der Waals surface area contributed by atoms with Crippen LogP contribution in [0.4, 0.5) is 0 Å². The predicted molar refractivity (Wildman–Crippen MR) is 65.1 cm³/mol. The van der Waals surface area contributed by atoms with Gasteiger partial charge in [0.1, 0.15) is 4.21 Å². The van der Waals surface area contributed by atoms with Crippen LogP contribution in [0.3, 0.4) is 0 Å². The number of rotatable bonds is 4. The van der Waals surface area contributed by atoms with Gasteiger partial charge in [-0.05, 0) is 34.5 Å². The highest BCUT2D eigenvalue weighted by Gasteiger charge is 2.18. The summed E-state index contributed by atoms with van der Waals surface area (Å²) < 4.78 is 31.7. The molecule has 92 valence electrons. The molecule has 0 saturated carbocycles. The molecule has 0 unspecified atom stereocenters. The molecule has 0 aliphatic heterocycles. The summed E-state index contributed by atoms with van der Waals surface area (Å²) >= 11 is 4.45. The molecule has 0 saturated heterocycles. The fourth-order valence-electron chi connectivity index (χ4n) is 1.07. The molecule has 0 atom stereocenters. The highest BCUT2D eigenvalue weighted by atomic mass is 79.9. The third-order valence-corrected chi connectivity index (χ3v) is 5.94. The Hall–Kier alpha value is -0.770. The van der Waals surface area contributed by atoms with E-state index in [2.05, 4.69) is 35.3 Å². The van der Waals surface area contributed by atoms with Gasteiger partial charge in [-0.2, -0.15) is 4.98 Å². The van der Waals surface area contributed by atoms with E-state index in [9.17, 15) is 8.42 Å². The van der Waals surface area contributed by atoms with Gasteiger partial charge in [0, 0.05) is 0 Å². The molecule has 2 rings (SSSR count). The summed E-state index contributed by atoms with van der Waals surface area (Å²) in [5.41, 5.74) is 0.884. The van der Waals surface area contributed by atoms with Crippen LogP contribution in [0.15, 0.2) is 25.0 Å². The molecular weight excluding hydrogens is 330 g/mol. The lowest BCUT2D eigenvalue weighted by Crippen LogP contribution is -2.22. The van der Waals surface area contributed by atoms with Crippen LogP contribution in [0.25, 0.3) is 0 Å². The number of hydrogen-bond donors (Lipinski definition) is 1. The second-order valence-electron chi connectivity index (χ2n) is 3.19. The van der Waals surface area contributed by atoms with E-state index in [1.54, 1.807) is 6.07 Å². The number of thiophene rings is 1. The summed E-state index contributed by atoms with van der Waals surface area (Å²) in [5, 5.41) is 3.52. The first-order valence-corrected chi connectivity index (χ1v) is 7.59. The lowest BCUT2D eigenvalue weighted by atomic mass is 10.4. The van der Waals surface area contributed by atoms with Crippen molar-refractivity contribution in [2.24, 2.45) is 0 Å². The Kier molecular flexibility index (Phi) is 3.61. The van der Waals surface area contributed by atoms with Gasteiger partial charge in [0.2, 0.25) is 6.39 Å². The Morgan fingerprint density at radius 2 is 2.35 bits per heavy atom. The molecule has 0 aromatic carbocycles. The summed E-state index contributed by atoms with van der Waals surface area (Å²) in [6, 6.07) is 1.60. The molecule has 6 nitrogen and oxygen atoms in total. The van der Waals surface area contributed by atoms with E-state index in [0.29, 0.717) is 5.82 Å². The zero-order valence-corrected chi connectivity index (χ0v) is 11.9. The maximum absolute atomic E-state index is 11.9. The van der Waals surface area contributed by atoms with Crippen molar-refractivity contribution >= 4 is 37.3 Å². The van der Waals surface area contributed by atoms with E-state index in [1.807, 2.05) is 6.92 Å². The summed E-state index contributed by atoms with van der Waals surface area (Å²) in [4.78, 5) is 3.73. The van der Waals surface area contributed by atoms with Crippen molar-refractivity contribution in [1.29, 1.82) is 0 Å². The largest absolute Gasteiger partial charge is 0.343 e. The van der Waals surface area contributed by atoms with Gasteiger partial charge in [0.25, 0.3) is 10.0 Å². The van der Waals surface area contributed by atoms with Crippen LogP contribution in [0, 0.1) is 6.92 Å². The number of hydrogen-bond acceptors (Lipinski definition) is 6. The lowest BCUT2D eigenvalue weighted by Gasteiger charge is -2.00. The average Bonchev–Trinajstić information content (AvgIpc) is 2.87. The summed E-state index contributed by atoms with van der Waals surface area (Å²) in [5.74, 6) is 0.293. The maximum Gasteiger partial charge on any atom is 0.250 e. The minimum atomic E-state index is -3.52. The number of aromatic nitrogens is 2. The number of nitrogens with one attached hydrogen (secondary N) is 1. The fraction of sp³-hybridized carbons (Fsp3) is 0.250. The summed E-state index contributed by atoms with van der Waals surface area (Å²) in [6.07, 6.45) is 1.15. The van der Waals surface area contributed by atoms with Gasteiger partial charge in [-0.25, -0.2) is 13.1 Å². The molecular formula is C8H8BrN3O3S2. The molecule has 0 aliphatic rings. The number of aryl methyl sites for hydroxylation is 1. The monoisotopic (exact) mass is 337 g/mol. The maximum atomic E-state index is 11.9. The molecule has 9 heteroatoms. The van der Waals surface area contributed by atoms with E-state index in [1.165, 1.54) is 0 Å². The van der Waals surface area contributed by atoms with Gasteiger partial charge in [-0.15, -0.1) is 11.3 Å². The van der Waals surface area contributed by atoms with Gasteiger partial charge in [-0.1, -0.05) is 5.16 Å². The average molecular weight is 338 g/mol. The normalized spacial score (nSPS) is 11.9. The highest BCUT2D eigenvalue weighted by molar-refractivity contribution is 9.11. The Morgan fingerprint density at radius 1 is 1.59 bits per heavy atom. The first kappa shape index (κ1) is 12.7. The lowest BCUT2D eigenvalue weighted by molar-refractivity contribution is 0.409. The molecule has 0 bridgehead atoms. The second-order valence-corrected chi connectivity index (χ2v) is 7.56. The standard InChI is InChI=1S/C8H8BrN3O3S2/c1-5-2-7(16-8(5)9)17(13,14)11-3-6-10-4-15-12-6/h2,4,11H,3H2,1H3. The number of sulfonamides is 1. The van der Waals surface area contributed by atoms with Gasteiger partial charge >= 0.3 is 0 Å². The third-order valence-electron chi connectivity index (χ3n) is 1.93. The second kappa shape index (κ2) is 4.84. The van der Waals surface area contributed by atoms with E-state index < -0.39 is 10.0 Å². The van der Waals surface area contributed by atoms with Gasteiger partial charge < -0.3 is 4.52 Å². The number of nitrogens with zero attached hydrogens (tertiary/aromatic N) is 2. The van der Waals surface area contributed by atoms with Crippen LogP contribution < -0.4 is 4.72 Å². The van der Waals surface area contributed by atoms with Crippen molar-refractivity contribution in [2.75, 3.05) is 0 Å². The molecule has 0 fully saturated rings. The third kappa shape index (κ3) is 2.92. The van der Waals surface area contributed by atoms with Crippen LogP contribution >= 0.6 is 27.3 Å². The van der Waals surface area contributed by atoms with Crippen molar-refractivity contribution in [3.8, 4) is 0 Å². The predicted octanol–water partition coefficient (Wildman–Crippen LogP) is 1.68. The van der Waals surface area contributed by atoms with Gasteiger partial charge in [0.15, 0.2) is 5.82 Å². The van der Waals surface area contributed by atoms with Crippen LogP contribution in [-0.4, -0.2) is 18.6 Å². The molecule has 17 heavy (non-hydrogen) atoms. The fourth-order valence-corrected chi connectivity index (χ4v) is 4.32. The first-order chi connectivity index (χ1) is 7.99. The van der Waals surface area contributed by atoms with Gasteiger partial charge in [0.05, 0.1) is 10.3 Å². The molecule has 2 heterocycles. The summed E-state index contributed by atoms with van der Waals surface area (Å²) in [7, 11) is -3.52. The zero-order chi connectivity index (χ0) is 12.5. The molecule has 1 N–H and O–H groups in total.